The maximum absolute atomic E-state index is 13.0. The topological polar surface area (TPSA) is 109 Å². The van der Waals surface area contributed by atoms with Crippen LogP contribution >= 0.6 is 11.3 Å². The highest BCUT2D eigenvalue weighted by Crippen LogP contribution is 2.43. The van der Waals surface area contributed by atoms with Gasteiger partial charge in [0.05, 0.1) is 11.5 Å². The van der Waals surface area contributed by atoms with E-state index in [1.165, 1.54) is 11.3 Å². The van der Waals surface area contributed by atoms with Crippen molar-refractivity contribution in [3.63, 3.8) is 0 Å². The van der Waals surface area contributed by atoms with Crippen LogP contribution in [-0.2, 0) is 21.3 Å². The summed E-state index contributed by atoms with van der Waals surface area (Å²) < 4.78 is 44.0. The summed E-state index contributed by atoms with van der Waals surface area (Å²) in [5.41, 5.74) is 0.0697. The van der Waals surface area contributed by atoms with Crippen molar-refractivity contribution < 1.29 is 27.8 Å². The number of hydrogen-bond acceptors (Lipinski definition) is 8. The van der Waals surface area contributed by atoms with Gasteiger partial charge in [0.25, 0.3) is 0 Å². The van der Waals surface area contributed by atoms with Crippen molar-refractivity contribution >= 4 is 28.9 Å². The Kier molecular flexibility index (Phi) is 8.10. The van der Waals surface area contributed by atoms with Gasteiger partial charge in [-0.2, -0.15) is 13.2 Å². The molecule has 2 aromatic heterocycles. The number of carbonyl (C=O) groups is 1. The molecule has 12 heteroatoms. The van der Waals surface area contributed by atoms with Crippen molar-refractivity contribution in [1.82, 2.24) is 20.3 Å². The minimum atomic E-state index is -4.57. The van der Waals surface area contributed by atoms with Gasteiger partial charge in [-0.05, 0) is 61.9 Å². The van der Waals surface area contributed by atoms with Crippen molar-refractivity contribution in [3.05, 3.63) is 52.9 Å². The number of nitrogens with zero attached hydrogens (tertiary/aromatic N) is 3. The maximum Gasteiger partial charge on any atom is 0.433 e. The minimum Gasteiger partial charge on any atom is -0.383 e. The molecular weight excluding hydrogens is 507 g/mol. The molecule has 1 aromatic carbocycles. The average Bonchev–Trinajstić information content (AvgIpc) is 3.35. The quantitative estimate of drug-likeness (QED) is 0.355. The van der Waals surface area contributed by atoms with E-state index in [4.69, 9.17) is 4.74 Å². The third-order valence-electron chi connectivity index (χ3n) is 6.26. The van der Waals surface area contributed by atoms with E-state index in [1.807, 2.05) is 13.0 Å². The fourth-order valence-corrected chi connectivity index (χ4v) is 5.37. The lowest BCUT2D eigenvalue weighted by Crippen LogP contribution is -2.39. The third-order valence-corrected chi connectivity index (χ3v) is 7.50. The number of aliphatic hydroxyl groups is 1. The molecule has 3 aromatic rings. The van der Waals surface area contributed by atoms with Crippen LogP contribution in [0.15, 0.2) is 36.7 Å². The number of methoxy groups -OCH3 is 1. The molecule has 3 N–H and O–H groups in total. The standard InChI is InChI=1S/C25H28F3N5O3S/c1-15-11-17(13-18(12-15)32-23-30-8-5-20(33-23)25(26,27)28)19-14-31-22(37-19)24(35)6-3-16(4-7-24)21(34)29-9-10-36-2/h5,8,11-14,16,35H,3-4,6-7,9-10H2,1-2H3,(H,29,34)(H,30,32,33). The Morgan fingerprint density at radius 1 is 1.24 bits per heavy atom. The number of benzene rings is 1. The Hall–Kier alpha value is -3.09. The normalized spacial score (nSPS) is 20.0. The van der Waals surface area contributed by atoms with Gasteiger partial charge in [0.2, 0.25) is 11.9 Å². The van der Waals surface area contributed by atoms with Crippen molar-refractivity contribution in [3.8, 4) is 10.4 Å². The van der Waals surface area contributed by atoms with Gasteiger partial charge >= 0.3 is 6.18 Å². The molecule has 1 fully saturated rings. The highest BCUT2D eigenvalue weighted by atomic mass is 32.1. The summed E-state index contributed by atoms with van der Waals surface area (Å²) >= 11 is 1.36. The van der Waals surface area contributed by atoms with Crippen molar-refractivity contribution in [2.45, 2.75) is 44.4 Å². The van der Waals surface area contributed by atoms with Crippen molar-refractivity contribution in [2.24, 2.45) is 5.92 Å². The number of amides is 1. The second kappa shape index (κ2) is 11.1. The van der Waals surface area contributed by atoms with Gasteiger partial charge in [0, 0.05) is 37.7 Å². The van der Waals surface area contributed by atoms with Crippen LogP contribution in [0.4, 0.5) is 24.8 Å². The average molecular weight is 536 g/mol. The number of ether oxygens (including phenoxy) is 1. The smallest absolute Gasteiger partial charge is 0.383 e. The SMILES string of the molecule is COCCNC(=O)C1CCC(O)(c2ncc(-c3cc(C)cc(Nc4nccc(C(F)(F)F)n4)c3)s2)CC1. The Labute approximate surface area is 216 Å². The Morgan fingerprint density at radius 2 is 2.00 bits per heavy atom. The first-order chi connectivity index (χ1) is 17.6. The number of alkyl halides is 3. The minimum absolute atomic E-state index is 0.0246. The summed E-state index contributed by atoms with van der Waals surface area (Å²) in [5, 5.41) is 17.6. The molecule has 0 saturated heterocycles. The van der Waals surface area contributed by atoms with Crippen LogP contribution in [0.2, 0.25) is 0 Å². The fourth-order valence-electron chi connectivity index (χ4n) is 4.32. The molecule has 2 heterocycles. The molecule has 1 aliphatic carbocycles. The Balaban J connectivity index is 1.46. The molecule has 0 spiro atoms. The van der Waals surface area contributed by atoms with Crippen LogP contribution in [-0.4, -0.2) is 46.2 Å². The molecule has 1 amide bonds. The van der Waals surface area contributed by atoms with E-state index in [0.29, 0.717) is 49.5 Å². The van der Waals surface area contributed by atoms with Crippen LogP contribution in [0, 0.1) is 12.8 Å². The maximum atomic E-state index is 13.0. The van der Waals surface area contributed by atoms with Crippen molar-refractivity contribution in [1.29, 1.82) is 0 Å². The summed E-state index contributed by atoms with van der Waals surface area (Å²) in [6.07, 6.45) is 0.137. The van der Waals surface area contributed by atoms with Crippen LogP contribution < -0.4 is 10.6 Å². The number of rotatable bonds is 8. The van der Waals surface area contributed by atoms with Gasteiger partial charge < -0.3 is 20.5 Å². The van der Waals surface area contributed by atoms with E-state index >= 15 is 0 Å². The molecule has 198 valence electrons. The van der Waals surface area contributed by atoms with E-state index in [-0.39, 0.29) is 17.8 Å². The molecule has 0 radical (unpaired) electrons. The molecule has 37 heavy (non-hydrogen) atoms. The van der Waals surface area contributed by atoms with E-state index in [9.17, 15) is 23.1 Å². The van der Waals surface area contributed by atoms with Crippen LogP contribution in [0.5, 0.6) is 0 Å². The number of nitrogens with one attached hydrogen (secondary N) is 2. The number of aryl methyl sites for hydroxylation is 1. The fraction of sp³-hybridized carbons (Fsp3) is 0.440. The van der Waals surface area contributed by atoms with Gasteiger partial charge in [-0.3, -0.25) is 4.79 Å². The summed E-state index contributed by atoms with van der Waals surface area (Å²) in [4.78, 5) is 25.1. The zero-order valence-electron chi connectivity index (χ0n) is 20.4. The van der Waals surface area contributed by atoms with E-state index in [0.717, 1.165) is 28.3 Å². The second-order valence-electron chi connectivity index (χ2n) is 9.10. The zero-order valence-corrected chi connectivity index (χ0v) is 21.2. The Morgan fingerprint density at radius 3 is 2.70 bits per heavy atom. The monoisotopic (exact) mass is 535 g/mol. The molecule has 1 saturated carbocycles. The first-order valence-corrected chi connectivity index (χ1v) is 12.6. The largest absolute Gasteiger partial charge is 0.433 e. The van der Waals surface area contributed by atoms with Gasteiger partial charge in [0.1, 0.15) is 16.3 Å². The number of anilines is 2. The third kappa shape index (κ3) is 6.62. The summed E-state index contributed by atoms with van der Waals surface area (Å²) in [5.74, 6) is -0.336. The second-order valence-corrected chi connectivity index (χ2v) is 10.1. The first kappa shape index (κ1) is 27.0. The van der Waals surface area contributed by atoms with Crippen LogP contribution in [0.25, 0.3) is 10.4 Å². The predicted molar refractivity (Wildman–Crippen MR) is 133 cm³/mol. The molecule has 0 aliphatic heterocycles. The molecular formula is C25H28F3N5O3S. The lowest BCUT2D eigenvalue weighted by Gasteiger charge is -2.33. The van der Waals surface area contributed by atoms with Gasteiger partial charge in [0.15, 0.2) is 0 Å². The molecule has 4 rings (SSSR count). The van der Waals surface area contributed by atoms with E-state index in [2.05, 4.69) is 25.6 Å². The van der Waals surface area contributed by atoms with Gasteiger partial charge in [-0.15, -0.1) is 11.3 Å². The van der Waals surface area contributed by atoms with E-state index in [1.54, 1.807) is 25.4 Å². The van der Waals surface area contributed by atoms with Crippen LogP contribution in [0.1, 0.15) is 41.9 Å². The summed E-state index contributed by atoms with van der Waals surface area (Å²) in [6, 6.07) is 6.30. The molecule has 8 nitrogen and oxygen atoms in total. The molecule has 0 bridgehead atoms. The number of carbonyl (C=O) groups excluding carboxylic acids is 1. The first-order valence-electron chi connectivity index (χ1n) is 11.8. The van der Waals surface area contributed by atoms with Crippen LogP contribution in [0.3, 0.4) is 0 Å². The number of hydrogen-bond donors (Lipinski definition) is 3. The molecule has 1 aliphatic rings. The van der Waals surface area contributed by atoms with Crippen molar-refractivity contribution in [2.75, 3.05) is 25.6 Å². The van der Waals surface area contributed by atoms with E-state index < -0.39 is 17.5 Å². The molecule has 0 atom stereocenters. The highest BCUT2D eigenvalue weighted by Gasteiger charge is 2.39. The lowest BCUT2D eigenvalue weighted by atomic mass is 9.78. The zero-order chi connectivity index (χ0) is 26.6. The van der Waals surface area contributed by atoms with Gasteiger partial charge in [-0.25, -0.2) is 15.0 Å². The lowest BCUT2D eigenvalue weighted by molar-refractivity contribution is -0.141. The number of halogens is 3. The predicted octanol–water partition coefficient (Wildman–Crippen LogP) is 4.81. The summed E-state index contributed by atoms with van der Waals surface area (Å²) in [6.45, 7) is 2.78. The Bertz CT molecular complexity index is 1240. The number of thiazole rings is 1. The molecule has 0 unspecified atom stereocenters. The highest BCUT2D eigenvalue weighted by molar-refractivity contribution is 7.15. The van der Waals surface area contributed by atoms with Gasteiger partial charge in [-0.1, -0.05) is 6.07 Å². The summed E-state index contributed by atoms with van der Waals surface area (Å²) in [7, 11) is 1.58. The number of aromatic nitrogens is 3.